The molecular formula is C12H23NO2S. The minimum atomic E-state index is -0.674. The summed E-state index contributed by atoms with van der Waals surface area (Å²) < 4.78 is 17.0. The van der Waals surface area contributed by atoms with E-state index in [0.29, 0.717) is 6.04 Å². The average Bonchev–Trinajstić information content (AvgIpc) is 2.66. The second-order valence-electron chi connectivity index (χ2n) is 5.16. The summed E-state index contributed by atoms with van der Waals surface area (Å²) in [6, 6.07) is 0.579. The molecule has 0 aromatic rings. The fourth-order valence-corrected chi connectivity index (χ4v) is 3.38. The Balaban J connectivity index is 1.76. The van der Waals surface area contributed by atoms with Gasteiger partial charge in [0, 0.05) is 42.0 Å². The van der Waals surface area contributed by atoms with Gasteiger partial charge < -0.3 is 10.1 Å². The zero-order chi connectivity index (χ0) is 11.4. The number of hydrogen-bond donors (Lipinski definition) is 1. The Morgan fingerprint density at radius 2 is 2.19 bits per heavy atom. The van der Waals surface area contributed by atoms with Crippen LogP contribution in [0.5, 0.6) is 0 Å². The van der Waals surface area contributed by atoms with Crippen LogP contribution in [0.2, 0.25) is 0 Å². The molecule has 1 saturated heterocycles. The van der Waals surface area contributed by atoms with Crippen molar-refractivity contribution in [3.63, 3.8) is 0 Å². The van der Waals surface area contributed by atoms with Gasteiger partial charge in [0.25, 0.3) is 0 Å². The van der Waals surface area contributed by atoms with Crippen molar-refractivity contribution in [3.8, 4) is 0 Å². The predicted octanol–water partition coefficient (Wildman–Crippen LogP) is 1.45. The van der Waals surface area contributed by atoms with Gasteiger partial charge in [-0.15, -0.1) is 0 Å². The summed E-state index contributed by atoms with van der Waals surface area (Å²) in [7, 11) is -0.674. The molecule has 1 heterocycles. The van der Waals surface area contributed by atoms with Crippen LogP contribution in [0.4, 0.5) is 0 Å². The molecule has 0 amide bonds. The molecule has 1 N–H and O–H groups in total. The topological polar surface area (TPSA) is 38.3 Å². The Hall–Kier alpha value is 0.0700. The van der Waals surface area contributed by atoms with Gasteiger partial charge in [0.15, 0.2) is 0 Å². The molecule has 0 aromatic carbocycles. The molecule has 0 aromatic heterocycles. The van der Waals surface area contributed by atoms with E-state index in [4.69, 9.17) is 4.74 Å². The fraction of sp³-hybridized carbons (Fsp3) is 1.00. The molecule has 4 heteroatoms. The van der Waals surface area contributed by atoms with E-state index in [1.54, 1.807) is 6.26 Å². The highest BCUT2D eigenvalue weighted by molar-refractivity contribution is 7.84. The van der Waals surface area contributed by atoms with E-state index in [1.165, 1.54) is 25.7 Å². The van der Waals surface area contributed by atoms with E-state index in [-0.39, 0.29) is 5.60 Å². The van der Waals surface area contributed by atoms with Crippen LogP contribution in [-0.4, -0.2) is 41.0 Å². The molecule has 2 rings (SSSR count). The number of nitrogens with one attached hydrogen (secondary N) is 1. The summed E-state index contributed by atoms with van der Waals surface area (Å²) in [5.74, 6) is 0.768. The summed E-state index contributed by atoms with van der Waals surface area (Å²) in [4.78, 5) is 0. The lowest BCUT2D eigenvalue weighted by atomic mass is 9.89. The lowest BCUT2D eigenvalue weighted by molar-refractivity contribution is -0.0833. The first-order valence-corrected chi connectivity index (χ1v) is 8.10. The molecule has 1 saturated carbocycles. The second-order valence-corrected chi connectivity index (χ2v) is 6.71. The second kappa shape index (κ2) is 5.61. The van der Waals surface area contributed by atoms with Crippen molar-refractivity contribution in [2.24, 2.45) is 0 Å². The standard InChI is InChI=1S/C12H23NO2S/c1-16(14)9-7-13-11-4-8-15-12(10-11)5-2-3-6-12/h11,13H,2-10H2,1H3. The van der Waals surface area contributed by atoms with Crippen LogP contribution in [0.25, 0.3) is 0 Å². The summed E-state index contributed by atoms with van der Waals surface area (Å²) >= 11 is 0. The minimum absolute atomic E-state index is 0.196. The summed E-state index contributed by atoms with van der Waals surface area (Å²) in [6.07, 6.45) is 9.17. The molecule has 0 bridgehead atoms. The van der Waals surface area contributed by atoms with Crippen molar-refractivity contribution in [1.82, 2.24) is 5.32 Å². The number of hydrogen-bond acceptors (Lipinski definition) is 3. The number of ether oxygens (including phenoxy) is 1. The highest BCUT2D eigenvalue weighted by Crippen LogP contribution is 2.39. The van der Waals surface area contributed by atoms with E-state index in [0.717, 1.165) is 31.7 Å². The molecule has 16 heavy (non-hydrogen) atoms. The van der Waals surface area contributed by atoms with Crippen LogP contribution in [0.3, 0.4) is 0 Å². The Morgan fingerprint density at radius 3 is 2.88 bits per heavy atom. The van der Waals surface area contributed by atoms with Gasteiger partial charge in [0.05, 0.1) is 5.60 Å². The predicted molar refractivity (Wildman–Crippen MR) is 67.1 cm³/mol. The van der Waals surface area contributed by atoms with Gasteiger partial charge in [0.2, 0.25) is 0 Å². The van der Waals surface area contributed by atoms with Crippen molar-refractivity contribution < 1.29 is 8.95 Å². The molecule has 0 radical (unpaired) electrons. The third kappa shape index (κ3) is 3.28. The van der Waals surface area contributed by atoms with E-state index >= 15 is 0 Å². The fourth-order valence-electron chi connectivity index (χ4n) is 2.98. The first-order valence-electron chi connectivity index (χ1n) is 6.38. The first kappa shape index (κ1) is 12.5. The van der Waals surface area contributed by atoms with Crippen LogP contribution in [-0.2, 0) is 15.5 Å². The molecule has 1 aliphatic heterocycles. The summed E-state index contributed by atoms with van der Waals surface area (Å²) in [6.45, 7) is 1.77. The van der Waals surface area contributed by atoms with E-state index in [2.05, 4.69) is 5.32 Å². The molecule has 2 atom stereocenters. The zero-order valence-electron chi connectivity index (χ0n) is 10.2. The van der Waals surface area contributed by atoms with Crippen molar-refractivity contribution in [2.45, 2.75) is 50.2 Å². The van der Waals surface area contributed by atoms with Gasteiger partial charge in [-0.1, -0.05) is 12.8 Å². The van der Waals surface area contributed by atoms with Gasteiger partial charge in [-0.05, 0) is 25.7 Å². The third-order valence-electron chi connectivity index (χ3n) is 3.83. The maximum absolute atomic E-state index is 11.0. The highest BCUT2D eigenvalue weighted by Gasteiger charge is 2.39. The summed E-state index contributed by atoms with van der Waals surface area (Å²) in [5.41, 5.74) is 0.196. The smallest absolute Gasteiger partial charge is 0.0697 e. The van der Waals surface area contributed by atoms with Gasteiger partial charge in [-0.25, -0.2) is 0 Å². The Labute approximate surface area is 101 Å². The molecule has 94 valence electrons. The van der Waals surface area contributed by atoms with Gasteiger partial charge in [-0.2, -0.15) is 0 Å². The molecule has 1 spiro atoms. The van der Waals surface area contributed by atoms with Crippen molar-refractivity contribution in [1.29, 1.82) is 0 Å². The zero-order valence-corrected chi connectivity index (χ0v) is 11.0. The van der Waals surface area contributed by atoms with Crippen LogP contribution in [0.15, 0.2) is 0 Å². The minimum Gasteiger partial charge on any atom is -0.375 e. The van der Waals surface area contributed by atoms with E-state index in [9.17, 15) is 4.21 Å². The van der Waals surface area contributed by atoms with Crippen molar-refractivity contribution >= 4 is 10.8 Å². The maximum Gasteiger partial charge on any atom is 0.0697 e. The lowest BCUT2D eigenvalue weighted by Gasteiger charge is -2.38. The molecule has 2 aliphatic rings. The average molecular weight is 245 g/mol. The van der Waals surface area contributed by atoms with E-state index in [1.807, 2.05) is 0 Å². The van der Waals surface area contributed by atoms with Crippen LogP contribution in [0.1, 0.15) is 38.5 Å². The van der Waals surface area contributed by atoms with Crippen LogP contribution >= 0.6 is 0 Å². The Kier molecular flexibility index (Phi) is 4.39. The Bertz CT molecular complexity index is 251. The van der Waals surface area contributed by atoms with Gasteiger partial charge in [0.1, 0.15) is 0 Å². The molecule has 3 nitrogen and oxygen atoms in total. The lowest BCUT2D eigenvalue weighted by Crippen LogP contribution is -2.46. The van der Waals surface area contributed by atoms with Crippen molar-refractivity contribution in [3.05, 3.63) is 0 Å². The molecule has 2 fully saturated rings. The largest absolute Gasteiger partial charge is 0.375 e. The van der Waals surface area contributed by atoms with Gasteiger partial charge in [-0.3, -0.25) is 4.21 Å². The summed E-state index contributed by atoms with van der Waals surface area (Å²) in [5, 5.41) is 3.53. The SMILES string of the molecule is CS(=O)CCNC1CCOC2(CCCC2)C1. The normalized spacial score (nSPS) is 30.7. The van der Waals surface area contributed by atoms with E-state index < -0.39 is 10.8 Å². The quantitative estimate of drug-likeness (QED) is 0.814. The monoisotopic (exact) mass is 245 g/mol. The van der Waals surface area contributed by atoms with Crippen LogP contribution in [0, 0.1) is 0 Å². The highest BCUT2D eigenvalue weighted by atomic mass is 32.2. The van der Waals surface area contributed by atoms with Crippen LogP contribution < -0.4 is 5.32 Å². The first-order chi connectivity index (χ1) is 7.70. The third-order valence-corrected chi connectivity index (χ3v) is 4.61. The molecule has 1 aliphatic carbocycles. The molecular weight excluding hydrogens is 222 g/mol. The molecule has 2 unspecified atom stereocenters. The number of rotatable bonds is 4. The van der Waals surface area contributed by atoms with Gasteiger partial charge >= 0.3 is 0 Å². The van der Waals surface area contributed by atoms with Crippen molar-refractivity contribution in [2.75, 3.05) is 25.2 Å². The maximum atomic E-state index is 11.0. The Morgan fingerprint density at radius 1 is 1.44 bits per heavy atom.